The zero-order chi connectivity index (χ0) is 20.3. The molecule has 2 aromatic carbocycles. The van der Waals surface area contributed by atoms with Crippen LogP contribution in [-0.4, -0.2) is 40.1 Å². The maximum absolute atomic E-state index is 13.3. The third-order valence-electron chi connectivity index (χ3n) is 4.27. The zero-order valence-corrected chi connectivity index (χ0v) is 16.5. The first-order valence-corrected chi connectivity index (χ1v) is 9.96. The third kappa shape index (κ3) is 3.98. The fourth-order valence-corrected chi connectivity index (χ4v) is 4.65. The van der Waals surface area contributed by atoms with Crippen molar-refractivity contribution in [1.82, 2.24) is 4.90 Å². The highest BCUT2D eigenvalue weighted by Gasteiger charge is 2.43. The molecule has 0 radical (unpaired) electrons. The van der Waals surface area contributed by atoms with Gasteiger partial charge in [-0.3, -0.25) is 14.9 Å². The van der Waals surface area contributed by atoms with E-state index in [1.54, 1.807) is 6.92 Å². The van der Waals surface area contributed by atoms with E-state index < -0.39 is 28.2 Å². The predicted molar refractivity (Wildman–Crippen MR) is 106 cm³/mol. The second-order valence-electron chi connectivity index (χ2n) is 6.00. The first kappa shape index (κ1) is 20.2. The molecule has 1 aliphatic rings. The lowest BCUT2D eigenvalue weighted by atomic mass is 10.1. The number of nitrogens with zero attached hydrogens (tertiary/aromatic N) is 2. The molecular formula is C19H17ClN2O5S. The van der Waals surface area contributed by atoms with Gasteiger partial charge in [0.2, 0.25) is 0 Å². The summed E-state index contributed by atoms with van der Waals surface area (Å²) < 4.78 is 5.14. The van der Waals surface area contributed by atoms with E-state index in [4.69, 9.17) is 16.3 Å². The van der Waals surface area contributed by atoms with Crippen molar-refractivity contribution < 1.29 is 19.2 Å². The van der Waals surface area contributed by atoms with Crippen LogP contribution in [0.15, 0.2) is 48.5 Å². The van der Waals surface area contributed by atoms with Gasteiger partial charge in [-0.1, -0.05) is 41.9 Å². The summed E-state index contributed by atoms with van der Waals surface area (Å²) in [5, 5.41) is 10.5. The highest BCUT2D eigenvalue weighted by atomic mass is 35.5. The largest absolute Gasteiger partial charge is 0.464 e. The molecule has 146 valence electrons. The quantitative estimate of drug-likeness (QED) is 0.411. The number of nitro benzene ring substituents is 1. The number of esters is 1. The minimum Gasteiger partial charge on any atom is -0.464 e. The Balaban J connectivity index is 2.00. The summed E-state index contributed by atoms with van der Waals surface area (Å²) in [6, 6.07) is 12.2. The van der Waals surface area contributed by atoms with Crippen molar-refractivity contribution in [1.29, 1.82) is 0 Å². The van der Waals surface area contributed by atoms with Crippen molar-refractivity contribution in [2.24, 2.45) is 0 Å². The van der Waals surface area contributed by atoms with Gasteiger partial charge in [0.05, 0.1) is 22.1 Å². The van der Waals surface area contributed by atoms with E-state index in [-0.39, 0.29) is 22.9 Å². The number of carbonyl (C=O) groups is 2. The molecule has 7 nitrogen and oxygen atoms in total. The Labute approximate surface area is 170 Å². The number of carbonyl (C=O) groups excluding carboxylic acids is 2. The summed E-state index contributed by atoms with van der Waals surface area (Å²) in [7, 11) is 0. The maximum Gasteiger partial charge on any atom is 0.329 e. The van der Waals surface area contributed by atoms with E-state index >= 15 is 0 Å². The molecule has 1 amide bonds. The van der Waals surface area contributed by atoms with Crippen LogP contribution in [0.3, 0.4) is 0 Å². The second-order valence-corrected chi connectivity index (χ2v) is 7.52. The Morgan fingerprint density at radius 3 is 2.61 bits per heavy atom. The molecule has 0 saturated carbocycles. The number of non-ortho nitro benzene ring substituents is 1. The molecular weight excluding hydrogens is 404 g/mol. The van der Waals surface area contributed by atoms with Crippen LogP contribution in [0.25, 0.3) is 0 Å². The van der Waals surface area contributed by atoms with E-state index in [1.165, 1.54) is 28.8 Å². The van der Waals surface area contributed by atoms with Crippen LogP contribution >= 0.6 is 23.4 Å². The molecule has 9 heteroatoms. The van der Waals surface area contributed by atoms with E-state index in [9.17, 15) is 19.7 Å². The molecule has 1 saturated heterocycles. The third-order valence-corrected chi connectivity index (χ3v) is 5.91. The number of nitro groups is 1. The number of halogens is 1. The Hall–Kier alpha value is -2.58. The molecule has 0 N–H and O–H groups in total. The van der Waals surface area contributed by atoms with Crippen LogP contribution < -0.4 is 0 Å². The second kappa shape index (κ2) is 8.62. The summed E-state index contributed by atoms with van der Waals surface area (Å²) >= 11 is 7.61. The molecule has 28 heavy (non-hydrogen) atoms. The Bertz CT molecular complexity index is 908. The predicted octanol–water partition coefficient (Wildman–Crippen LogP) is 4.07. The molecule has 1 heterocycles. The summed E-state index contributed by atoms with van der Waals surface area (Å²) in [6.07, 6.45) is 0. The van der Waals surface area contributed by atoms with Crippen molar-refractivity contribution in [3.05, 3.63) is 74.8 Å². The van der Waals surface area contributed by atoms with Crippen LogP contribution in [0.2, 0.25) is 5.02 Å². The monoisotopic (exact) mass is 420 g/mol. The van der Waals surface area contributed by atoms with Gasteiger partial charge in [-0.15, -0.1) is 11.8 Å². The van der Waals surface area contributed by atoms with Crippen molar-refractivity contribution in [2.45, 2.75) is 18.3 Å². The van der Waals surface area contributed by atoms with E-state index in [1.807, 2.05) is 30.3 Å². The molecule has 1 fully saturated rings. The Morgan fingerprint density at radius 1 is 1.29 bits per heavy atom. The van der Waals surface area contributed by atoms with Gasteiger partial charge in [0.1, 0.15) is 11.4 Å². The average molecular weight is 421 g/mol. The molecule has 2 aromatic rings. The summed E-state index contributed by atoms with van der Waals surface area (Å²) in [4.78, 5) is 37.5. The SMILES string of the molecule is CCOC(=O)C1CSC(c2ccccc2)N1C(=O)c1ccc([N+](=O)[O-])cc1Cl. The van der Waals surface area contributed by atoms with Gasteiger partial charge in [0, 0.05) is 17.9 Å². The average Bonchev–Trinajstić information content (AvgIpc) is 3.13. The number of benzene rings is 2. The summed E-state index contributed by atoms with van der Waals surface area (Å²) in [5.74, 6) is -0.578. The molecule has 0 aliphatic carbocycles. The van der Waals surface area contributed by atoms with Crippen LogP contribution in [0.4, 0.5) is 5.69 Å². The lowest BCUT2D eigenvalue weighted by Gasteiger charge is -2.29. The van der Waals surface area contributed by atoms with Gasteiger partial charge >= 0.3 is 5.97 Å². The van der Waals surface area contributed by atoms with Crippen LogP contribution in [0.1, 0.15) is 28.2 Å². The molecule has 3 rings (SSSR count). The number of hydrogen-bond donors (Lipinski definition) is 0. The van der Waals surface area contributed by atoms with Gasteiger partial charge in [-0.25, -0.2) is 4.79 Å². The summed E-state index contributed by atoms with van der Waals surface area (Å²) in [6.45, 7) is 1.91. The van der Waals surface area contributed by atoms with Crippen molar-refractivity contribution >= 4 is 40.9 Å². The fourth-order valence-electron chi connectivity index (χ4n) is 2.98. The molecule has 2 atom stereocenters. The maximum atomic E-state index is 13.3. The first-order chi connectivity index (χ1) is 13.4. The minimum atomic E-state index is -0.770. The molecule has 0 spiro atoms. The smallest absolute Gasteiger partial charge is 0.329 e. The number of ether oxygens (including phenoxy) is 1. The van der Waals surface area contributed by atoms with Crippen molar-refractivity contribution in [3.8, 4) is 0 Å². The highest BCUT2D eigenvalue weighted by Crippen LogP contribution is 2.43. The molecule has 0 bridgehead atoms. The normalized spacial score (nSPS) is 18.7. The number of hydrogen-bond acceptors (Lipinski definition) is 6. The number of amides is 1. The van der Waals surface area contributed by atoms with E-state index in [0.717, 1.165) is 11.6 Å². The van der Waals surface area contributed by atoms with Gasteiger partial charge < -0.3 is 9.64 Å². The highest BCUT2D eigenvalue weighted by molar-refractivity contribution is 7.99. The van der Waals surface area contributed by atoms with Crippen molar-refractivity contribution in [2.75, 3.05) is 12.4 Å². The number of thioether (sulfide) groups is 1. The van der Waals surface area contributed by atoms with Crippen LogP contribution in [-0.2, 0) is 9.53 Å². The van der Waals surface area contributed by atoms with Crippen molar-refractivity contribution in [3.63, 3.8) is 0 Å². The topological polar surface area (TPSA) is 89.8 Å². The van der Waals surface area contributed by atoms with Crippen LogP contribution in [0.5, 0.6) is 0 Å². The molecule has 1 aliphatic heterocycles. The van der Waals surface area contributed by atoms with E-state index in [2.05, 4.69) is 0 Å². The zero-order valence-electron chi connectivity index (χ0n) is 14.9. The first-order valence-electron chi connectivity index (χ1n) is 8.53. The van der Waals surface area contributed by atoms with Gasteiger partial charge in [0.15, 0.2) is 0 Å². The van der Waals surface area contributed by atoms with Gasteiger partial charge in [-0.2, -0.15) is 0 Å². The summed E-state index contributed by atoms with van der Waals surface area (Å²) in [5.41, 5.74) is 0.759. The fraction of sp³-hybridized carbons (Fsp3) is 0.263. The Kier molecular flexibility index (Phi) is 6.21. The molecule has 2 unspecified atom stereocenters. The van der Waals surface area contributed by atoms with Gasteiger partial charge in [-0.05, 0) is 18.6 Å². The van der Waals surface area contributed by atoms with E-state index in [0.29, 0.717) is 5.75 Å². The number of rotatable bonds is 5. The lowest BCUT2D eigenvalue weighted by Crippen LogP contribution is -2.44. The van der Waals surface area contributed by atoms with Gasteiger partial charge in [0.25, 0.3) is 11.6 Å². The lowest BCUT2D eigenvalue weighted by molar-refractivity contribution is -0.384. The minimum absolute atomic E-state index is 0.0366. The molecule has 0 aromatic heterocycles. The standard InChI is InChI=1S/C19H17ClN2O5S/c1-2-27-19(24)16-11-28-18(12-6-4-3-5-7-12)21(16)17(23)14-9-8-13(22(25)26)10-15(14)20/h3-10,16,18H,2,11H2,1H3. The van der Waals surface area contributed by atoms with Crippen LogP contribution in [0, 0.1) is 10.1 Å². The Morgan fingerprint density at radius 2 is 2.00 bits per heavy atom.